The molecule has 1 spiro atoms. The van der Waals surface area contributed by atoms with Crippen LogP contribution in [0.25, 0.3) is 10.9 Å². The molecule has 1 amide bonds. The molecule has 0 saturated heterocycles. The highest BCUT2D eigenvalue weighted by molar-refractivity contribution is 8.16. The van der Waals surface area contributed by atoms with E-state index in [4.69, 9.17) is 4.74 Å². The fraction of sp³-hybridized carbons (Fsp3) is 0.105. The molecule has 3 heterocycles. The maximum atomic E-state index is 12.7. The van der Waals surface area contributed by atoms with E-state index >= 15 is 0 Å². The minimum Gasteiger partial charge on any atom is -0.497 e. The number of methoxy groups -OCH3 is 1. The summed E-state index contributed by atoms with van der Waals surface area (Å²) in [6, 6.07) is 15.5. The molecule has 2 N–H and O–H groups in total. The summed E-state index contributed by atoms with van der Waals surface area (Å²) in [4.78, 5) is 16.1. The van der Waals surface area contributed by atoms with Crippen LogP contribution in [-0.2, 0) is 9.67 Å². The van der Waals surface area contributed by atoms with E-state index in [1.165, 1.54) is 11.8 Å². The van der Waals surface area contributed by atoms with Gasteiger partial charge >= 0.3 is 0 Å². The van der Waals surface area contributed by atoms with Crippen molar-refractivity contribution in [1.82, 2.24) is 10.4 Å². The van der Waals surface area contributed by atoms with E-state index < -0.39 is 4.87 Å². The number of amides is 1. The average molecular weight is 362 g/mol. The van der Waals surface area contributed by atoms with Gasteiger partial charge in [-0.15, -0.1) is 0 Å². The molecule has 0 fully saturated rings. The molecular weight excluding hydrogens is 348 g/mol. The molecule has 2 aliphatic heterocycles. The second kappa shape index (κ2) is 5.47. The Kier molecular flexibility index (Phi) is 3.20. The van der Waals surface area contributed by atoms with Gasteiger partial charge < -0.3 is 10.1 Å². The number of benzene rings is 2. The minimum atomic E-state index is -0.944. The number of thioether (sulfide) groups is 1. The van der Waals surface area contributed by atoms with Gasteiger partial charge in [0.25, 0.3) is 5.91 Å². The third-order valence-electron chi connectivity index (χ3n) is 4.59. The SMILES string of the molecule is COc1ccc2c(c1)NC(=O)C21NN=C(c2ccc3ncccc3c2)S1. The number of carbonyl (C=O) groups is 1. The van der Waals surface area contributed by atoms with E-state index in [0.717, 1.165) is 32.8 Å². The first-order valence-electron chi connectivity index (χ1n) is 8.09. The van der Waals surface area contributed by atoms with Crippen molar-refractivity contribution >= 4 is 39.3 Å². The Bertz CT molecular complexity index is 1100. The van der Waals surface area contributed by atoms with Crippen LogP contribution in [0, 0.1) is 0 Å². The number of hydrogen-bond donors (Lipinski definition) is 2. The Balaban J connectivity index is 1.52. The van der Waals surface area contributed by atoms with Crippen molar-refractivity contribution in [3.63, 3.8) is 0 Å². The van der Waals surface area contributed by atoms with Crippen molar-refractivity contribution in [2.75, 3.05) is 12.4 Å². The molecule has 0 radical (unpaired) electrons. The number of rotatable bonds is 2. The average Bonchev–Trinajstić information content (AvgIpc) is 3.24. The number of aromatic nitrogens is 1. The van der Waals surface area contributed by atoms with Crippen LogP contribution in [0.2, 0.25) is 0 Å². The van der Waals surface area contributed by atoms with Crippen LogP contribution < -0.4 is 15.5 Å². The largest absolute Gasteiger partial charge is 0.497 e. The van der Waals surface area contributed by atoms with Crippen LogP contribution in [0.4, 0.5) is 5.69 Å². The number of carbonyl (C=O) groups excluding carboxylic acids is 1. The first-order chi connectivity index (χ1) is 12.7. The normalized spacial score (nSPS) is 20.7. The molecule has 6 nitrogen and oxygen atoms in total. The predicted octanol–water partition coefficient (Wildman–Crippen LogP) is 3.05. The van der Waals surface area contributed by atoms with Crippen LogP contribution in [0.15, 0.2) is 59.8 Å². The fourth-order valence-corrected chi connectivity index (χ4v) is 4.41. The van der Waals surface area contributed by atoms with E-state index in [9.17, 15) is 4.79 Å². The van der Waals surface area contributed by atoms with Crippen LogP contribution >= 0.6 is 11.8 Å². The number of hydrazone groups is 1. The van der Waals surface area contributed by atoms with Gasteiger partial charge in [0.1, 0.15) is 10.8 Å². The van der Waals surface area contributed by atoms with Crippen molar-refractivity contribution in [2.45, 2.75) is 4.87 Å². The first-order valence-corrected chi connectivity index (χ1v) is 8.90. The summed E-state index contributed by atoms with van der Waals surface area (Å²) in [6.45, 7) is 0. The number of nitrogens with zero attached hydrogens (tertiary/aromatic N) is 2. The van der Waals surface area contributed by atoms with E-state index in [1.54, 1.807) is 13.3 Å². The Labute approximate surface area is 153 Å². The van der Waals surface area contributed by atoms with Crippen molar-refractivity contribution in [3.05, 3.63) is 65.9 Å². The topological polar surface area (TPSA) is 75.6 Å². The second-order valence-electron chi connectivity index (χ2n) is 6.09. The van der Waals surface area contributed by atoms with Gasteiger partial charge in [-0.1, -0.05) is 23.9 Å². The molecule has 0 bridgehead atoms. The summed E-state index contributed by atoms with van der Waals surface area (Å²) in [7, 11) is 1.60. The number of anilines is 1. The maximum absolute atomic E-state index is 12.7. The van der Waals surface area contributed by atoms with Gasteiger partial charge in [-0.3, -0.25) is 15.2 Å². The Morgan fingerprint density at radius 1 is 1.15 bits per heavy atom. The molecule has 1 aromatic heterocycles. The van der Waals surface area contributed by atoms with Gasteiger partial charge in [0.2, 0.25) is 4.87 Å². The molecule has 1 unspecified atom stereocenters. The second-order valence-corrected chi connectivity index (χ2v) is 7.29. The number of pyridine rings is 1. The molecule has 7 heteroatoms. The van der Waals surface area contributed by atoms with Crippen LogP contribution in [0.3, 0.4) is 0 Å². The minimum absolute atomic E-state index is 0.132. The lowest BCUT2D eigenvalue weighted by Crippen LogP contribution is -2.39. The highest BCUT2D eigenvalue weighted by atomic mass is 32.2. The number of hydrogen-bond acceptors (Lipinski definition) is 6. The molecule has 128 valence electrons. The lowest BCUT2D eigenvalue weighted by Gasteiger charge is -2.19. The Hall–Kier alpha value is -3.06. The van der Waals surface area contributed by atoms with Crippen LogP contribution in [0.5, 0.6) is 5.75 Å². The van der Waals surface area contributed by atoms with Crippen molar-refractivity contribution in [1.29, 1.82) is 0 Å². The van der Waals surface area contributed by atoms with Crippen molar-refractivity contribution in [2.24, 2.45) is 5.10 Å². The van der Waals surface area contributed by atoms with Gasteiger partial charge in [0, 0.05) is 28.8 Å². The smallest absolute Gasteiger partial charge is 0.267 e. The zero-order chi connectivity index (χ0) is 17.7. The first kappa shape index (κ1) is 15.2. The van der Waals surface area contributed by atoms with Gasteiger partial charge in [0.15, 0.2) is 0 Å². The quantitative estimate of drug-likeness (QED) is 0.733. The van der Waals surface area contributed by atoms with Crippen molar-refractivity contribution in [3.8, 4) is 5.75 Å². The molecule has 2 aliphatic rings. The summed E-state index contributed by atoms with van der Waals surface area (Å²) >= 11 is 1.41. The summed E-state index contributed by atoms with van der Waals surface area (Å²) < 4.78 is 5.24. The maximum Gasteiger partial charge on any atom is 0.267 e. The highest BCUT2D eigenvalue weighted by Gasteiger charge is 2.52. The lowest BCUT2D eigenvalue weighted by atomic mass is 10.1. The lowest BCUT2D eigenvalue weighted by molar-refractivity contribution is -0.118. The number of nitrogens with one attached hydrogen (secondary N) is 2. The third-order valence-corrected chi connectivity index (χ3v) is 5.91. The van der Waals surface area contributed by atoms with Gasteiger partial charge in [-0.25, -0.2) is 0 Å². The Morgan fingerprint density at radius 2 is 2.08 bits per heavy atom. The molecule has 2 aromatic carbocycles. The molecule has 1 atom stereocenters. The number of fused-ring (bicyclic) bond motifs is 3. The van der Waals surface area contributed by atoms with E-state index in [2.05, 4.69) is 20.8 Å². The molecule has 0 aliphatic carbocycles. The summed E-state index contributed by atoms with van der Waals surface area (Å²) in [5.74, 6) is 0.569. The molecular formula is C19H14N4O2S. The fourth-order valence-electron chi connectivity index (χ4n) is 3.26. The zero-order valence-corrected chi connectivity index (χ0v) is 14.6. The standard InChI is InChI=1S/C19H14N4O2S/c1-25-13-5-6-14-16(10-13)21-18(24)19(14)23-22-17(26-19)12-4-7-15-11(9-12)3-2-8-20-15/h2-10,23H,1H3,(H,21,24). The monoisotopic (exact) mass is 362 g/mol. The van der Waals surface area contributed by atoms with Crippen LogP contribution in [0.1, 0.15) is 11.1 Å². The molecule has 5 rings (SSSR count). The highest BCUT2D eigenvalue weighted by Crippen LogP contribution is 2.48. The number of ether oxygens (including phenoxy) is 1. The Morgan fingerprint density at radius 3 is 2.96 bits per heavy atom. The molecule has 3 aromatic rings. The molecule has 26 heavy (non-hydrogen) atoms. The van der Waals surface area contributed by atoms with Crippen molar-refractivity contribution < 1.29 is 9.53 Å². The van der Waals surface area contributed by atoms with Crippen LogP contribution in [-0.4, -0.2) is 23.0 Å². The van der Waals surface area contributed by atoms with E-state index in [-0.39, 0.29) is 5.91 Å². The molecule has 0 saturated carbocycles. The zero-order valence-electron chi connectivity index (χ0n) is 13.8. The van der Waals surface area contributed by atoms with Gasteiger partial charge in [-0.2, -0.15) is 5.10 Å². The predicted molar refractivity (Wildman–Crippen MR) is 102 cm³/mol. The van der Waals surface area contributed by atoms with E-state index in [1.807, 2.05) is 48.5 Å². The third kappa shape index (κ3) is 2.10. The van der Waals surface area contributed by atoms with Gasteiger partial charge in [-0.05, 0) is 30.3 Å². The van der Waals surface area contributed by atoms with Gasteiger partial charge in [0.05, 0.1) is 18.3 Å². The summed E-state index contributed by atoms with van der Waals surface area (Å²) in [5.41, 5.74) is 6.54. The summed E-state index contributed by atoms with van der Waals surface area (Å²) in [5, 5.41) is 9.19. The summed E-state index contributed by atoms with van der Waals surface area (Å²) in [6.07, 6.45) is 1.77. The van der Waals surface area contributed by atoms with E-state index in [0.29, 0.717) is 5.75 Å².